The van der Waals surface area contributed by atoms with Crippen molar-refractivity contribution in [1.82, 2.24) is 20.1 Å². The van der Waals surface area contributed by atoms with Crippen LogP contribution in [0.3, 0.4) is 0 Å². The molecule has 7 heteroatoms. The number of fused-ring (bicyclic) bond motifs is 1. The predicted octanol–water partition coefficient (Wildman–Crippen LogP) is 2.26. The molecule has 1 fully saturated rings. The Kier molecular flexibility index (Phi) is 3.30. The molecule has 1 unspecified atom stereocenters. The molecule has 0 spiro atoms. The van der Waals surface area contributed by atoms with Crippen molar-refractivity contribution in [3.63, 3.8) is 0 Å². The van der Waals surface area contributed by atoms with Crippen LogP contribution in [-0.4, -0.2) is 39.1 Å². The van der Waals surface area contributed by atoms with Gasteiger partial charge in [0.05, 0.1) is 0 Å². The van der Waals surface area contributed by atoms with Gasteiger partial charge >= 0.3 is 0 Å². The van der Waals surface area contributed by atoms with Gasteiger partial charge in [-0.2, -0.15) is 0 Å². The summed E-state index contributed by atoms with van der Waals surface area (Å²) in [6.45, 7) is 3.00. The number of aryl methyl sites for hydroxylation is 1. The summed E-state index contributed by atoms with van der Waals surface area (Å²) in [5, 5.41) is 6.23. The first-order valence-electron chi connectivity index (χ1n) is 7.87. The number of nitrogens with one attached hydrogen (secondary N) is 3. The molecular weight excluding hydrogens is 311 g/mol. The van der Waals surface area contributed by atoms with E-state index in [1.165, 1.54) is 18.2 Å². The van der Waals surface area contributed by atoms with Gasteiger partial charge in [-0.1, -0.05) is 0 Å². The molecule has 4 rings (SSSR count). The van der Waals surface area contributed by atoms with Crippen molar-refractivity contribution in [2.24, 2.45) is 0 Å². The molecule has 3 aromatic rings. The molecule has 3 heterocycles. The summed E-state index contributed by atoms with van der Waals surface area (Å²) >= 11 is 0. The van der Waals surface area contributed by atoms with Gasteiger partial charge < -0.3 is 15.0 Å². The van der Waals surface area contributed by atoms with Gasteiger partial charge in [-0.25, -0.2) is 4.39 Å². The van der Waals surface area contributed by atoms with Gasteiger partial charge in [0.1, 0.15) is 11.5 Å². The number of carbonyl (C=O) groups excluding carboxylic acids is 1. The summed E-state index contributed by atoms with van der Waals surface area (Å²) in [7, 11) is 0. The molecule has 1 aliphatic rings. The molecule has 6 nitrogen and oxygen atoms in total. The molecule has 1 atom stereocenters. The van der Waals surface area contributed by atoms with Crippen LogP contribution in [0.15, 0.2) is 29.1 Å². The second-order valence-corrected chi connectivity index (χ2v) is 6.32. The first-order chi connectivity index (χ1) is 11.5. The van der Waals surface area contributed by atoms with Gasteiger partial charge in [-0.15, -0.1) is 0 Å². The molecule has 0 saturated carbocycles. The Balaban J connectivity index is 1.58. The molecule has 0 bridgehead atoms. The van der Waals surface area contributed by atoms with Crippen LogP contribution in [0.4, 0.5) is 4.39 Å². The van der Waals surface area contributed by atoms with Gasteiger partial charge in [0.25, 0.3) is 11.5 Å². The maximum atomic E-state index is 13.5. The second kappa shape index (κ2) is 5.36. The molecule has 3 N–H and O–H groups in total. The minimum absolute atomic E-state index is 0.105. The lowest BCUT2D eigenvalue weighted by atomic mass is 10.1. The number of carbonyl (C=O) groups is 1. The first-order valence-corrected chi connectivity index (χ1v) is 7.87. The number of aromatic nitrogens is 3. The number of rotatable bonds is 2. The van der Waals surface area contributed by atoms with Gasteiger partial charge in [0.2, 0.25) is 0 Å². The van der Waals surface area contributed by atoms with E-state index >= 15 is 0 Å². The highest BCUT2D eigenvalue weighted by Gasteiger charge is 2.29. The number of H-pyrrole nitrogens is 3. The highest BCUT2D eigenvalue weighted by atomic mass is 19.1. The zero-order chi connectivity index (χ0) is 16.8. The zero-order valence-corrected chi connectivity index (χ0v) is 13.1. The van der Waals surface area contributed by atoms with E-state index < -0.39 is 0 Å². The molecule has 24 heavy (non-hydrogen) atoms. The number of amides is 1. The predicted molar refractivity (Wildman–Crippen MR) is 87.7 cm³/mol. The van der Waals surface area contributed by atoms with Crippen LogP contribution < -0.4 is 5.56 Å². The van der Waals surface area contributed by atoms with Crippen molar-refractivity contribution < 1.29 is 9.18 Å². The Morgan fingerprint density at radius 3 is 2.83 bits per heavy atom. The molecule has 1 aliphatic heterocycles. The Morgan fingerprint density at radius 1 is 1.25 bits per heavy atom. The minimum atomic E-state index is -0.321. The number of hydrogen-bond donors (Lipinski definition) is 3. The number of likely N-dealkylation sites (tertiary alicyclic amines) is 1. The Hall–Kier alpha value is -2.83. The molecule has 1 amide bonds. The van der Waals surface area contributed by atoms with Crippen molar-refractivity contribution >= 4 is 16.8 Å². The SMILES string of the molecule is Cc1cc(F)cc2[nH]c(C(=O)N3CCC(c4cc(=O)[nH][nH]4)C3)cc12. The molecular formula is C17H17FN4O2. The molecule has 1 aromatic carbocycles. The number of halogens is 1. The molecule has 124 valence electrons. The van der Waals surface area contributed by atoms with Crippen LogP contribution >= 0.6 is 0 Å². The normalized spacial score (nSPS) is 17.8. The van der Waals surface area contributed by atoms with Gasteiger partial charge in [-0.05, 0) is 37.1 Å². The fraction of sp³-hybridized carbons (Fsp3) is 0.294. The van der Waals surface area contributed by atoms with Crippen molar-refractivity contribution in [1.29, 1.82) is 0 Å². The monoisotopic (exact) mass is 328 g/mol. The van der Waals surface area contributed by atoms with Gasteiger partial charge in [-0.3, -0.25) is 14.7 Å². The lowest BCUT2D eigenvalue weighted by Crippen LogP contribution is -2.28. The molecule has 2 aromatic heterocycles. The van der Waals surface area contributed by atoms with Crippen LogP contribution in [0.1, 0.15) is 34.1 Å². The van der Waals surface area contributed by atoms with Gasteiger partial charge in [0, 0.05) is 41.7 Å². The Morgan fingerprint density at radius 2 is 2.08 bits per heavy atom. The summed E-state index contributed by atoms with van der Waals surface area (Å²) in [6, 6.07) is 6.17. The summed E-state index contributed by atoms with van der Waals surface area (Å²) in [5.74, 6) is -0.304. The first kappa shape index (κ1) is 14.7. The van der Waals surface area contributed by atoms with Crippen LogP contribution in [-0.2, 0) is 0 Å². The zero-order valence-electron chi connectivity index (χ0n) is 13.1. The van der Waals surface area contributed by atoms with Crippen LogP contribution in [0.25, 0.3) is 10.9 Å². The van der Waals surface area contributed by atoms with E-state index in [-0.39, 0.29) is 23.2 Å². The Bertz CT molecular complexity index is 984. The number of hydrogen-bond acceptors (Lipinski definition) is 2. The topological polar surface area (TPSA) is 84.8 Å². The number of benzene rings is 1. The van der Waals surface area contributed by atoms with Crippen molar-refractivity contribution in [2.75, 3.05) is 13.1 Å². The minimum Gasteiger partial charge on any atom is -0.350 e. The van der Waals surface area contributed by atoms with E-state index in [0.717, 1.165) is 23.1 Å². The highest BCUT2D eigenvalue weighted by Crippen LogP contribution is 2.27. The standard InChI is InChI=1S/C17H17FN4O2/c1-9-4-11(18)5-14-12(9)6-15(19-14)17(24)22-3-2-10(8-22)13-7-16(23)21-20-13/h4-7,10,19H,2-3,8H2,1H3,(H2,20,21,23). The van der Waals surface area contributed by atoms with E-state index in [9.17, 15) is 14.0 Å². The second-order valence-electron chi connectivity index (χ2n) is 6.32. The largest absolute Gasteiger partial charge is 0.350 e. The van der Waals surface area contributed by atoms with Crippen LogP contribution in [0, 0.1) is 12.7 Å². The highest BCUT2D eigenvalue weighted by molar-refractivity contribution is 5.99. The number of nitrogens with zero attached hydrogens (tertiary/aromatic N) is 1. The summed E-state index contributed by atoms with van der Waals surface area (Å²) in [5.41, 5.74) is 2.54. The molecule has 0 radical (unpaired) electrons. The van der Waals surface area contributed by atoms with Crippen molar-refractivity contribution in [2.45, 2.75) is 19.3 Å². The fourth-order valence-corrected chi connectivity index (χ4v) is 3.43. The fourth-order valence-electron chi connectivity index (χ4n) is 3.43. The summed E-state index contributed by atoms with van der Waals surface area (Å²) < 4.78 is 13.5. The van der Waals surface area contributed by atoms with Crippen LogP contribution in [0.5, 0.6) is 0 Å². The van der Waals surface area contributed by atoms with E-state index in [1.807, 2.05) is 6.92 Å². The quantitative estimate of drug-likeness (QED) is 0.674. The average molecular weight is 328 g/mol. The van der Waals surface area contributed by atoms with Crippen molar-refractivity contribution in [3.05, 3.63) is 57.4 Å². The van der Waals surface area contributed by atoms with E-state index in [4.69, 9.17) is 0 Å². The maximum Gasteiger partial charge on any atom is 0.270 e. The maximum absolute atomic E-state index is 13.5. The smallest absolute Gasteiger partial charge is 0.270 e. The lowest BCUT2D eigenvalue weighted by Gasteiger charge is -2.15. The third kappa shape index (κ3) is 2.42. The number of aromatic amines is 3. The van der Waals surface area contributed by atoms with Crippen molar-refractivity contribution in [3.8, 4) is 0 Å². The molecule has 0 aliphatic carbocycles. The van der Waals surface area contributed by atoms with E-state index in [2.05, 4.69) is 15.2 Å². The van der Waals surface area contributed by atoms with E-state index in [0.29, 0.717) is 24.3 Å². The summed E-state index contributed by atoms with van der Waals surface area (Å²) in [6.07, 6.45) is 0.799. The Labute approximate surface area is 136 Å². The van der Waals surface area contributed by atoms with Gasteiger partial charge in [0.15, 0.2) is 0 Å². The summed E-state index contributed by atoms with van der Waals surface area (Å²) in [4.78, 5) is 28.7. The lowest BCUT2D eigenvalue weighted by molar-refractivity contribution is 0.0786. The average Bonchev–Trinajstić information content (AvgIpc) is 3.24. The van der Waals surface area contributed by atoms with E-state index in [1.54, 1.807) is 11.0 Å². The molecule has 1 saturated heterocycles. The van der Waals surface area contributed by atoms with Crippen LogP contribution in [0.2, 0.25) is 0 Å². The third-order valence-corrected chi connectivity index (χ3v) is 4.67. The third-order valence-electron chi connectivity index (χ3n) is 4.67.